The zero-order valence-corrected chi connectivity index (χ0v) is 13.7. The van der Waals surface area contributed by atoms with Crippen LogP contribution in [0.1, 0.15) is 6.23 Å². The number of nitrogens with zero attached hydrogens (tertiary/aromatic N) is 3. The van der Waals surface area contributed by atoms with E-state index in [0.717, 1.165) is 3.57 Å². The van der Waals surface area contributed by atoms with Crippen molar-refractivity contribution in [1.82, 2.24) is 14.5 Å². The van der Waals surface area contributed by atoms with Gasteiger partial charge in [0.15, 0.2) is 11.9 Å². The molecule has 0 saturated carbocycles. The van der Waals surface area contributed by atoms with Crippen molar-refractivity contribution in [3.05, 3.63) is 9.77 Å². The van der Waals surface area contributed by atoms with E-state index in [4.69, 9.17) is 15.2 Å². The lowest BCUT2D eigenvalue weighted by Gasteiger charge is -2.17. The smallest absolute Gasteiger partial charge is 0.228 e. The molecule has 2 aromatic rings. The summed E-state index contributed by atoms with van der Waals surface area (Å²) in [6.45, 7) is -0.397. The molecule has 1 saturated heterocycles. The zero-order chi connectivity index (χ0) is 16.0. The molecular formula is C12H15IN4O5. The minimum absolute atomic E-state index is 0.0202. The third kappa shape index (κ3) is 2.31. The topological polar surface area (TPSA) is 136 Å². The van der Waals surface area contributed by atoms with Crippen LogP contribution in [0.5, 0.6) is 5.88 Å². The molecule has 0 bridgehead atoms. The summed E-state index contributed by atoms with van der Waals surface area (Å²) in [4.78, 5) is 8.19. The highest BCUT2D eigenvalue weighted by Crippen LogP contribution is 2.36. The van der Waals surface area contributed by atoms with Crippen LogP contribution in [0, 0.1) is 3.57 Å². The van der Waals surface area contributed by atoms with Gasteiger partial charge in [0.25, 0.3) is 0 Å². The van der Waals surface area contributed by atoms with Gasteiger partial charge in [-0.3, -0.25) is 0 Å². The number of aromatic nitrogens is 3. The van der Waals surface area contributed by atoms with Gasteiger partial charge in [-0.2, -0.15) is 9.97 Å². The molecule has 1 fully saturated rings. The maximum Gasteiger partial charge on any atom is 0.228 e. The van der Waals surface area contributed by atoms with E-state index >= 15 is 0 Å². The Kier molecular flexibility index (Phi) is 4.11. The second-order valence-electron chi connectivity index (χ2n) is 4.90. The van der Waals surface area contributed by atoms with Crippen molar-refractivity contribution in [2.75, 3.05) is 19.5 Å². The Hall–Kier alpha value is -1.21. The van der Waals surface area contributed by atoms with Crippen LogP contribution in [0.25, 0.3) is 11.0 Å². The van der Waals surface area contributed by atoms with E-state index < -0.39 is 31.1 Å². The summed E-state index contributed by atoms with van der Waals surface area (Å²) >= 11 is 2.08. The van der Waals surface area contributed by atoms with E-state index in [9.17, 15) is 15.3 Å². The summed E-state index contributed by atoms with van der Waals surface area (Å²) in [5.74, 6) is 0.337. The minimum atomic E-state index is -1.20. The largest absolute Gasteiger partial charge is 0.480 e. The van der Waals surface area contributed by atoms with Crippen LogP contribution >= 0.6 is 22.6 Å². The summed E-state index contributed by atoms with van der Waals surface area (Å²) in [7, 11) is 1.47. The van der Waals surface area contributed by atoms with Gasteiger partial charge in [0, 0.05) is 9.77 Å². The molecule has 0 aliphatic carbocycles. The van der Waals surface area contributed by atoms with Crippen LogP contribution in [-0.4, -0.2) is 61.9 Å². The van der Waals surface area contributed by atoms with Crippen LogP contribution in [0.2, 0.25) is 0 Å². The number of hydrogen-bond acceptors (Lipinski definition) is 8. The predicted molar refractivity (Wildman–Crippen MR) is 84.2 cm³/mol. The molecule has 0 aromatic carbocycles. The average molecular weight is 422 g/mol. The number of fused-ring (bicyclic) bond motifs is 1. The molecule has 3 heterocycles. The van der Waals surface area contributed by atoms with Gasteiger partial charge in [0.1, 0.15) is 18.3 Å². The van der Waals surface area contributed by atoms with Gasteiger partial charge in [-0.25, -0.2) is 0 Å². The highest BCUT2D eigenvalue weighted by Gasteiger charge is 2.44. The molecule has 4 atom stereocenters. The van der Waals surface area contributed by atoms with E-state index in [1.165, 1.54) is 7.11 Å². The van der Waals surface area contributed by atoms with Crippen molar-refractivity contribution < 1.29 is 24.8 Å². The summed E-state index contributed by atoms with van der Waals surface area (Å²) in [6.07, 6.45) is -2.45. The molecule has 1 aliphatic heterocycles. The Balaban J connectivity index is 2.14. The van der Waals surface area contributed by atoms with Gasteiger partial charge in [0.2, 0.25) is 11.8 Å². The van der Waals surface area contributed by atoms with Crippen molar-refractivity contribution in [2.24, 2.45) is 0 Å². The second-order valence-corrected chi connectivity index (χ2v) is 6.07. The van der Waals surface area contributed by atoms with E-state index in [1.54, 1.807) is 10.8 Å². The first-order valence-electron chi connectivity index (χ1n) is 6.48. The third-order valence-corrected chi connectivity index (χ3v) is 4.41. The SMILES string of the molecule is COc1nc(N)nc2c1c(I)cn2[C@@H]1O[C@H](CO)[C@@H](O)[C@H]1O. The minimum Gasteiger partial charge on any atom is -0.480 e. The molecule has 10 heteroatoms. The number of hydrogen-bond donors (Lipinski definition) is 4. The Morgan fingerprint density at radius 1 is 1.41 bits per heavy atom. The summed E-state index contributed by atoms with van der Waals surface area (Å²) in [5, 5.41) is 29.9. The Bertz CT molecular complexity index is 708. The number of ether oxygens (including phenoxy) is 2. The molecule has 22 heavy (non-hydrogen) atoms. The van der Waals surface area contributed by atoms with E-state index in [0.29, 0.717) is 16.9 Å². The molecule has 0 radical (unpaired) electrons. The van der Waals surface area contributed by atoms with Gasteiger partial charge in [-0.05, 0) is 22.6 Å². The third-order valence-electron chi connectivity index (χ3n) is 3.59. The molecule has 2 aromatic heterocycles. The summed E-state index contributed by atoms with van der Waals surface area (Å²) in [6, 6.07) is 0. The van der Waals surface area contributed by atoms with Crippen molar-refractivity contribution in [3.63, 3.8) is 0 Å². The number of anilines is 1. The molecule has 0 unspecified atom stereocenters. The maximum absolute atomic E-state index is 10.2. The molecule has 5 N–H and O–H groups in total. The first-order valence-corrected chi connectivity index (χ1v) is 7.55. The van der Waals surface area contributed by atoms with E-state index in [-0.39, 0.29) is 5.95 Å². The van der Waals surface area contributed by atoms with Crippen LogP contribution in [0.3, 0.4) is 0 Å². The molecule has 9 nitrogen and oxygen atoms in total. The van der Waals surface area contributed by atoms with Gasteiger partial charge < -0.3 is 35.1 Å². The van der Waals surface area contributed by atoms with Crippen LogP contribution in [0.4, 0.5) is 5.95 Å². The average Bonchev–Trinajstić information content (AvgIpc) is 2.97. The number of aliphatic hydroxyl groups excluding tert-OH is 3. The monoisotopic (exact) mass is 422 g/mol. The standard InChI is InChI=1S/C12H15IN4O5/c1-21-10-6-4(13)2-17(9(6)15-12(14)16-10)11-8(20)7(19)5(3-18)22-11/h2,5,7-8,11,18-20H,3H2,1H3,(H2,14,15,16)/t5-,7-,8-,11-/m1/s1. The van der Waals surface area contributed by atoms with Crippen LogP contribution in [0.15, 0.2) is 6.20 Å². The lowest BCUT2D eigenvalue weighted by Crippen LogP contribution is -2.33. The maximum atomic E-state index is 10.2. The number of methoxy groups -OCH3 is 1. The molecule has 3 rings (SSSR count). The highest BCUT2D eigenvalue weighted by atomic mass is 127. The van der Waals surface area contributed by atoms with Crippen molar-refractivity contribution in [1.29, 1.82) is 0 Å². The van der Waals surface area contributed by atoms with Gasteiger partial charge in [0.05, 0.1) is 19.1 Å². The number of rotatable bonds is 3. The Morgan fingerprint density at radius 2 is 2.14 bits per heavy atom. The van der Waals surface area contributed by atoms with Crippen molar-refractivity contribution in [3.8, 4) is 5.88 Å². The lowest BCUT2D eigenvalue weighted by atomic mass is 10.1. The summed E-state index contributed by atoms with van der Waals surface area (Å²) < 4.78 is 13.1. The van der Waals surface area contributed by atoms with Gasteiger partial charge in [-0.15, -0.1) is 0 Å². The normalized spacial score (nSPS) is 28.4. The fourth-order valence-corrected chi connectivity index (χ4v) is 3.31. The van der Waals surface area contributed by atoms with Gasteiger partial charge >= 0.3 is 0 Å². The Labute approximate surface area is 138 Å². The molecule has 120 valence electrons. The fourth-order valence-electron chi connectivity index (χ4n) is 2.54. The highest BCUT2D eigenvalue weighted by molar-refractivity contribution is 14.1. The van der Waals surface area contributed by atoms with Crippen molar-refractivity contribution in [2.45, 2.75) is 24.5 Å². The Morgan fingerprint density at radius 3 is 2.73 bits per heavy atom. The van der Waals surface area contributed by atoms with E-state index in [2.05, 4.69) is 32.6 Å². The molecule has 1 aliphatic rings. The van der Waals surface area contributed by atoms with Crippen LogP contribution in [-0.2, 0) is 4.74 Å². The molecule has 0 amide bonds. The van der Waals surface area contributed by atoms with E-state index in [1.807, 2.05) is 0 Å². The first kappa shape index (κ1) is 15.7. The van der Waals surface area contributed by atoms with Crippen molar-refractivity contribution >= 4 is 39.6 Å². The molecule has 0 spiro atoms. The number of nitrogen functional groups attached to an aromatic ring is 1. The molecular weight excluding hydrogens is 407 g/mol. The first-order chi connectivity index (χ1) is 10.5. The van der Waals surface area contributed by atoms with Crippen LogP contribution < -0.4 is 10.5 Å². The number of nitrogens with two attached hydrogens (primary N) is 1. The summed E-state index contributed by atoms with van der Waals surface area (Å²) in [5.41, 5.74) is 6.10. The fraction of sp³-hybridized carbons (Fsp3) is 0.500. The van der Waals surface area contributed by atoms with Gasteiger partial charge in [-0.1, -0.05) is 0 Å². The number of aliphatic hydroxyl groups is 3. The zero-order valence-electron chi connectivity index (χ0n) is 11.5. The predicted octanol–water partition coefficient (Wildman–Crippen LogP) is -0.762. The lowest BCUT2D eigenvalue weighted by molar-refractivity contribution is -0.0509. The number of halogens is 1. The second kappa shape index (κ2) is 5.77. The quantitative estimate of drug-likeness (QED) is 0.474.